The molecule has 0 saturated heterocycles. The highest BCUT2D eigenvalue weighted by molar-refractivity contribution is 5.04. The van der Waals surface area contributed by atoms with Gasteiger partial charge in [0.05, 0.1) is 24.0 Å². The molecular weight excluding hydrogens is 192 g/mol. The fourth-order valence-electron chi connectivity index (χ4n) is 1.26. The minimum atomic E-state index is -0.533. The lowest BCUT2D eigenvalue weighted by atomic mass is 9.95. The number of aliphatic hydroxyl groups excluding tert-OH is 1. The van der Waals surface area contributed by atoms with Crippen LogP contribution in [0.3, 0.4) is 0 Å². The van der Waals surface area contributed by atoms with Crippen LogP contribution in [0.25, 0.3) is 0 Å². The summed E-state index contributed by atoms with van der Waals surface area (Å²) in [6, 6.07) is 0. The number of aliphatic hydroxyl groups is 1. The van der Waals surface area contributed by atoms with Gasteiger partial charge >= 0.3 is 0 Å². The van der Waals surface area contributed by atoms with Crippen LogP contribution < -0.4 is 0 Å². The van der Waals surface area contributed by atoms with E-state index in [1.807, 2.05) is 6.92 Å². The van der Waals surface area contributed by atoms with E-state index in [0.29, 0.717) is 12.8 Å². The maximum atomic E-state index is 10.6. The normalized spacial score (nSPS) is 13.3. The molecule has 15 heavy (non-hydrogen) atoms. The molecule has 0 aromatic carbocycles. The highest BCUT2D eigenvalue weighted by Gasteiger charge is 2.27. The Hall–Kier alpha value is -1.34. The zero-order valence-electron chi connectivity index (χ0n) is 9.36. The molecule has 4 heteroatoms. The number of hydrogen-bond acceptors (Lipinski definition) is 3. The van der Waals surface area contributed by atoms with E-state index in [1.165, 1.54) is 5.01 Å². The molecule has 0 fully saturated rings. The molecule has 84 valence electrons. The number of β-amino-alcohol motifs (C(OH)–C–C–N with tert-alkyl or cyclic N) is 1. The molecule has 0 bridgehead atoms. The van der Waals surface area contributed by atoms with E-state index in [9.17, 15) is 4.91 Å². The van der Waals surface area contributed by atoms with Crippen molar-refractivity contribution in [3.63, 3.8) is 0 Å². The Morgan fingerprint density at radius 3 is 2.73 bits per heavy atom. The summed E-state index contributed by atoms with van der Waals surface area (Å²) in [5, 5.41) is 13.0. The van der Waals surface area contributed by atoms with Crippen molar-refractivity contribution in [2.45, 2.75) is 32.2 Å². The van der Waals surface area contributed by atoms with Crippen molar-refractivity contribution in [3.8, 4) is 11.8 Å². The lowest BCUT2D eigenvalue weighted by Gasteiger charge is -2.33. The quantitative estimate of drug-likeness (QED) is 0.301. The molecule has 4 nitrogen and oxygen atoms in total. The van der Waals surface area contributed by atoms with Gasteiger partial charge in [-0.05, 0) is 20.3 Å². The van der Waals surface area contributed by atoms with Crippen LogP contribution in [0.2, 0.25) is 0 Å². The zero-order valence-corrected chi connectivity index (χ0v) is 9.36. The van der Waals surface area contributed by atoms with Crippen LogP contribution in [-0.4, -0.2) is 28.8 Å². The molecule has 0 aliphatic carbocycles. The molecule has 0 heterocycles. The van der Waals surface area contributed by atoms with Crippen LogP contribution in [0.15, 0.2) is 17.9 Å². The van der Waals surface area contributed by atoms with Gasteiger partial charge < -0.3 is 5.11 Å². The smallest absolute Gasteiger partial charge is 0.0770 e. The third-order valence-corrected chi connectivity index (χ3v) is 2.37. The number of rotatable bonds is 7. The Balaban J connectivity index is 4.53. The van der Waals surface area contributed by atoms with Gasteiger partial charge in [0.2, 0.25) is 0 Å². The first-order valence-electron chi connectivity index (χ1n) is 4.89. The number of nitrogens with zero attached hydrogens (tertiary/aromatic N) is 2. The molecule has 0 aliphatic rings. The first kappa shape index (κ1) is 13.7. The predicted octanol–water partition coefficient (Wildman–Crippen LogP) is 1.71. The standard InChI is InChI=1S/C11H18N2O2/c1-4-6-7-8-11(3,5-2)13(12-15)9-10-14/h5,14H,2,7-10H2,1,3H3. The van der Waals surface area contributed by atoms with Gasteiger partial charge in [-0.25, -0.2) is 5.01 Å². The summed E-state index contributed by atoms with van der Waals surface area (Å²) in [4.78, 5) is 10.6. The van der Waals surface area contributed by atoms with Crippen molar-refractivity contribution in [2.75, 3.05) is 13.2 Å². The topological polar surface area (TPSA) is 52.9 Å². The monoisotopic (exact) mass is 210 g/mol. The van der Waals surface area contributed by atoms with Crippen LogP contribution in [0.5, 0.6) is 0 Å². The van der Waals surface area contributed by atoms with E-state index in [0.717, 1.165) is 0 Å². The van der Waals surface area contributed by atoms with E-state index >= 15 is 0 Å². The first-order valence-corrected chi connectivity index (χ1v) is 4.89. The van der Waals surface area contributed by atoms with Crippen LogP contribution in [-0.2, 0) is 0 Å². The number of hydrogen-bond donors (Lipinski definition) is 1. The van der Waals surface area contributed by atoms with Gasteiger partial charge in [-0.1, -0.05) is 6.08 Å². The van der Waals surface area contributed by atoms with Gasteiger partial charge in [0.15, 0.2) is 0 Å². The maximum Gasteiger partial charge on any atom is 0.0770 e. The van der Waals surface area contributed by atoms with Crippen molar-refractivity contribution in [1.29, 1.82) is 0 Å². The minimum absolute atomic E-state index is 0.103. The summed E-state index contributed by atoms with van der Waals surface area (Å²) in [6.45, 7) is 7.43. The average Bonchev–Trinajstić information content (AvgIpc) is 2.26. The third kappa shape index (κ3) is 4.13. The van der Waals surface area contributed by atoms with Crippen molar-refractivity contribution in [2.24, 2.45) is 5.29 Å². The lowest BCUT2D eigenvalue weighted by molar-refractivity contribution is 0.110. The number of nitroso groups, excluding NO2 is 1. The molecule has 0 radical (unpaired) electrons. The minimum Gasteiger partial charge on any atom is -0.394 e. The van der Waals surface area contributed by atoms with Gasteiger partial charge in [0.25, 0.3) is 0 Å². The van der Waals surface area contributed by atoms with Crippen molar-refractivity contribution < 1.29 is 5.11 Å². The Labute approximate surface area is 90.9 Å². The summed E-state index contributed by atoms with van der Waals surface area (Å²) in [7, 11) is 0. The third-order valence-electron chi connectivity index (χ3n) is 2.37. The fourth-order valence-corrected chi connectivity index (χ4v) is 1.26. The second-order valence-electron chi connectivity index (χ2n) is 3.42. The van der Waals surface area contributed by atoms with Crippen LogP contribution in [0.4, 0.5) is 0 Å². The van der Waals surface area contributed by atoms with Crippen molar-refractivity contribution >= 4 is 0 Å². The Kier molecular flexibility index (Phi) is 6.39. The van der Waals surface area contributed by atoms with E-state index in [4.69, 9.17) is 5.11 Å². The predicted molar refractivity (Wildman–Crippen MR) is 60.9 cm³/mol. The van der Waals surface area contributed by atoms with Crippen LogP contribution >= 0.6 is 0 Å². The highest BCUT2D eigenvalue weighted by Crippen LogP contribution is 2.22. The van der Waals surface area contributed by atoms with E-state index in [1.54, 1.807) is 13.0 Å². The molecule has 1 unspecified atom stereocenters. The largest absolute Gasteiger partial charge is 0.394 e. The Bertz CT molecular complexity index is 267. The lowest BCUT2D eigenvalue weighted by Crippen LogP contribution is -2.42. The molecule has 0 spiro atoms. The van der Waals surface area contributed by atoms with Gasteiger partial charge in [-0.3, -0.25) is 0 Å². The molecule has 0 aliphatic heterocycles. The molecule has 0 aromatic heterocycles. The molecule has 1 atom stereocenters. The summed E-state index contributed by atoms with van der Waals surface area (Å²) >= 11 is 0. The van der Waals surface area contributed by atoms with Crippen LogP contribution in [0, 0.1) is 16.7 Å². The second kappa shape index (κ2) is 7.02. The summed E-state index contributed by atoms with van der Waals surface area (Å²) < 4.78 is 0. The molecule has 0 aromatic rings. The fraction of sp³-hybridized carbons (Fsp3) is 0.636. The zero-order chi connectivity index (χ0) is 11.7. The molecule has 0 rings (SSSR count). The maximum absolute atomic E-state index is 10.6. The summed E-state index contributed by atoms with van der Waals surface area (Å²) in [6.07, 6.45) is 3.01. The average molecular weight is 210 g/mol. The van der Waals surface area contributed by atoms with Gasteiger partial charge in [-0.15, -0.1) is 23.3 Å². The van der Waals surface area contributed by atoms with E-state index < -0.39 is 5.54 Å². The SMILES string of the molecule is C=CC(C)(CCC#CC)N(CCO)N=O. The van der Waals surface area contributed by atoms with Crippen LogP contribution in [0.1, 0.15) is 26.7 Å². The Morgan fingerprint density at radius 1 is 1.67 bits per heavy atom. The summed E-state index contributed by atoms with van der Waals surface area (Å²) in [5.74, 6) is 5.72. The van der Waals surface area contributed by atoms with Gasteiger partial charge in [0, 0.05) is 6.42 Å². The van der Waals surface area contributed by atoms with Gasteiger partial charge in [-0.2, -0.15) is 0 Å². The molecule has 1 N–H and O–H groups in total. The summed E-state index contributed by atoms with van der Waals surface area (Å²) in [5.41, 5.74) is -0.533. The molecular formula is C11H18N2O2. The first-order chi connectivity index (χ1) is 7.14. The Morgan fingerprint density at radius 2 is 2.33 bits per heavy atom. The van der Waals surface area contributed by atoms with E-state index in [2.05, 4.69) is 23.7 Å². The van der Waals surface area contributed by atoms with Crippen molar-refractivity contribution in [3.05, 3.63) is 17.6 Å². The van der Waals surface area contributed by atoms with Crippen molar-refractivity contribution in [1.82, 2.24) is 5.01 Å². The van der Waals surface area contributed by atoms with Gasteiger partial charge in [0.1, 0.15) is 0 Å². The molecule has 0 saturated carbocycles. The highest BCUT2D eigenvalue weighted by atomic mass is 16.3. The second-order valence-corrected chi connectivity index (χ2v) is 3.42. The van der Waals surface area contributed by atoms with E-state index in [-0.39, 0.29) is 13.2 Å². The molecule has 0 amide bonds.